The van der Waals surface area contributed by atoms with E-state index in [1.165, 1.54) is 11.0 Å². The van der Waals surface area contributed by atoms with Crippen molar-refractivity contribution in [2.45, 2.75) is 30.4 Å². The van der Waals surface area contributed by atoms with Crippen LogP contribution in [0.3, 0.4) is 0 Å². The Bertz CT molecular complexity index is 546. The Morgan fingerprint density at radius 3 is 2.45 bits per heavy atom. The van der Waals surface area contributed by atoms with Gasteiger partial charge in [0.15, 0.2) is 0 Å². The molecule has 1 aliphatic heterocycles. The second kappa shape index (κ2) is 4.14. The molecule has 0 aromatic heterocycles. The quantitative estimate of drug-likeness (QED) is 0.905. The third-order valence-electron chi connectivity index (χ3n) is 4.36. The van der Waals surface area contributed by atoms with E-state index in [0.29, 0.717) is 18.7 Å². The van der Waals surface area contributed by atoms with Crippen molar-refractivity contribution in [3.8, 4) is 0 Å². The van der Waals surface area contributed by atoms with Crippen LogP contribution in [0.2, 0.25) is 0 Å². The predicted molar refractivity (Wildman–Crippen MR) is 65.7 cm³/mol. The summed E-state index contributed by atoms with van der Waals surface area (Å²) in [7, 11) is 0. The van der Waals surface area contributed by atoms with Gasteiger partial charge in [-0.25, -0.2) is 4.79 Å². The van der Waals surface area contributed by atoms with Crippen LogP contribution in [0.15, 0.2) is 24.3 Å². The Kier molecular flexibility index (Phi) is 2.74. The lowest BCUT2D eigenvalue weighted by molar-refractivity contribution is -0.160. The molecule has 6 heteroatoms. The SMILES string of the molecule is O=C(O)N1CC(c2cccc(C3(C(F)(F)F)CC3)c2)C1. The molecule has 1 amide bonds. The molecule has 3 nitrogen and oxygen atoms in total. The number of amides is 1. The van der Waals surface area contributed by atoms with Gasteiger partial charge >= 0.3 is 12.3 Å². The highest BCUT2D eigenvalue weighted by molar-refractivity contribution is 5.66. The Morgan fingerprint density at radius 2 is 1.95 bits per heavy atom. The van der Waals surface area contributed by atoms with Crippen molar-refractivity contribution >= 4 is 6.09 Å². The molecule has 1 saturated heterocycles. The zero-order chi connectivity index (χ0) is 14.5. The zero-order valence-electron chi connectivity index (χ0n) is 10.7. The average molecular weight is 285 g/mol. The molecular formula is C14H14F3NO2. The Morgan fingerprint density at radius 1 is 1.30 bits per heavy atom. The maximum atomic E-state index is 13.1. The molecule has 20 heavy (non-hydrogen) atoms. The normalized spacial score (nSPS) is 21.4. The maximum absolute atomic E-state index is 13.1. The van der Waals surface area contributed by atoms with Gasteiger partial charge in [0.25, 0.3) is 0 Å². The molecule has 1 aliphatic carbocycles. The Hall–Kier alpha value is -1.72. The van der Waals surface area contributed by atoms with Gasteiger partial charge in [-0.2, -0.15) is 13.2 Å². The fourth-order valence-electron chi connectivity index (χ4n) is 2.80. The van der Waals surface area contributed by atoms with E-state index >= 15 is 0 Å². The summed E-state index contributed by atoms with van der Waals surface area (Å²) in [4.78, 5) is 12.0. The van der Waals surface area contributed by atoms with Crippen LogP contribution < -0.4 is 0 Å². The van der Waals surface area contributed by atoms with Crippen LogP contribution in [0, 0.1) is 0 Å². The van der Waals surface area contributed by atoms with E-state index in [1.54, 1.807) is 18.2 Å². The number of carbonyl (C=O) groups is 1. The van der Waals surface area contributed by atoms with E-state index < -0.39 is 17.7 Å². The highest BCUT2D eigenvalue weighted by atomic mass is 19.4. The molecule has 0 radical (unpaired) electrons. The minimum absolute atomic E-state index is 0.00934. The number of benzene rings is 1. The lowest BCUT2D eigenvalue weighted by Gasteiger charge is -2.37. The second-order valence-corrected chi connectivity index (χ2v) is 5.59. The van der Waals surface area contributed by atoms with Gasteiger partial charge in [-0.3, -0.25) is 0 Å². The number of carboxylic acid groups (broad SMARTS) is 1. The van der Waals surface area contributed by atoms with Crippen LogP contribution in [-0.4, -0.2) is 35.4 Å². The summed E-state index contributed by atoms with van der Waals surface area (Å²) in [6.45, 7) is 0.718. The van der Waals surface area contributed by atoms with Gasteiger partial charge in [0, 0.05) is 19.0 Å². The number of likely N-dealkylation sites (tertiary alicyclic amines) is 1. The molecule has 108 valence electrons. The highest BCUT2D eigenvalue weighted by Crippen LogP contribution is 2.59. The third kappa shape index (κ3) is 1.94. The van der Waals surface area contributed by atoms with Crippen molar-refractivity contribution in [3.63, 3.8) is 0 Å². The maximum Gasteiger partial charge on any atom is 0.407 e. The lowest BCUT2D eigenvalue weighted by Crippen LogP contribution is -2.47. The molecule has 0 unspecified atom stereocenters. The smallest absolute Gasteiger partial charge is 0.407 e. The van der Waals surface area contributed by atoms with Crippen molar-refractivity contribution in [3.05, 3.63) is 35.4 Å². The van der Waals surface area contributed by atoms with E-state index in [0.717, 1.165) is 5.56 Å². The van der Waals surface area contributed by atoms with Crippen LogP contribution in [0.25, 0.3) is 0 Å². The number of halogens is 3. The molecule has 1 saturated carbocycles. The largest absolute Gasteiger partial charge is 0.465 e. The summed E-state index contributed by atoms with van der Waals surface area (Å²) < 4.78 is 39.3. The summed E-state index contributed by atoms with van der Waals surface area (Å²) in [5, 5.41) is 8.78. The first-order valence-corrected chi connectivity index (χ1v) is 6.48. The van der Waals surface area contributed by atoms with Gasteiger partial charge in [-0.15, -0.1) is 0 Å². The summed E-state index contributed by atoms with van der Waals surface area (Å²) in [6.07, 6.45) is -4.90. The number of alkyl halides is 3. The first kappa shape index (κ1) is 13.3. The topological polar surface area (TPSA) is 40.5 Å². The van der Waals surface area contributed by atoms with Gasteiger partial charge in [-0.05, 0) is 24.0 Å². The standard InChI is InChI=1S/C14H14F3NO2/c15-14(16,17)13(4-5-13)11-3-1-2-9(6-11)10-7-18(8-10)12(19)20/h1-3,6,10H,4-5,7-8H2,(H,19,20). The molecular weight excluding hydrogens is 271 g/mol. The average Bonchev–Trinajstić information content (AvgIpc) is 3.06. The molecule has 1 aromatic carbocycles. The monoisotopic (exact) mass is 285 g/mol. The van der Waals surface area contributed by atoms with Gasteiger partial charge in [0.1, 0.15) is 0 Å². The van der Waals surface area contributed by atoms with Crippen LogP contribution in [-0.2, 0) is 5.41 Å². The Labute approximate surface area is 114 Å². The summed E-state index contributed by atoms with van der Waals surface area (Å²) in [6, 6.07) is 6.54. The molecule has 2 fully saturated rings. The van der Waals surface area contributed by atoms with Crippen molar-refractivity contribution in [2.24, 2.45) is 0 Å². The third-order valence-corrected chi connectivity index (χ3v) is 4.36. The van der Waals surface area contributed by atoms with Gasteiger partial charge < -0.3 is 10.0 Å². The van der Waals surface area contributed by atoms with Crippen LogP contribution in [0.1, 0.15) is 29.9 Å². The van der Waals surface area contributed by atoms with E-state index in [-0.39, 0.29) is 18.8 Å². The van der Waals surface area contributed by atoms with Gasteiger partial charge in [0.2, 0.25) is 0 Å². The minimum Gasteiger partial charge on any atom is -0.465 e. The van der Waals surface area contributed by atoms with Gasteiger partial charge in [0.05, 0.1) is 5.41 Å². The summed E-state index contributed by atoms with van der Waals surface area (Å²) in [5.41, 5.74) is -0.550. The second-order valence-electron chi connectivity index (χ2n) is 5.59. The van der Waals surface area contributed by atoms with Crippen LogP contribution in [0.5, 0.6) is 0 Å². The molecule has 2 aliphatic rings. The fourth-order valence-corrected chi connectivity index (χ4v) is 2.80. The molecule has 1 heterocycles. The molecule has 1 aromatic rings. The molecule has 0 bridgehead atoms. The summed E-state index contributed by atoms with van der Waals surface area (Å²) in [5.74, 6) is 0.00934. The lowest BCUT2D eigenvalue weighted by atomic mass is 9.87. The van der Waals surface area contributed by atoms with Crippen LogP contribution >= 0.6 is 0 Å². The van der Waals surface area contributed by atoms with Gasteiger partial charge in [-0.1, -0.05) is 24.3 Å². The van der Waals surface area contributed by atoms with Crippen LogP contribution in [0.4, 0.5) is 18.0 Å². The Balaban J connectivity index is 1.80. The molecule has 0 atom stereocenters. The predicted octanol–water partition coefficient (Wildman–Crippen LogP) is 3.36. The number of rotatable bonds is 2. The fraction of sp³-hybridized carbons (Fsp3) is 0.500. The van der Waals surface area contributed by atoms with Crippen molar-refractivity contribution < 1.29 is 23.1 Å². The highest BCUT2D eigenvalue weighted by Gasteiger charge is 2.64. The minimum atomic E-state index is -4.21. The molecule has 3 rings (SSSR count). The summed E-state index contributed by atoms with van der Waals surface area (Å²) >= 11 is 0. The van der Waals surface area contributed by atoms with Crippen molar-refractivity contribution in [1.29, 1.82) is 0 Å². The molecule has 0 spiro atoms. The first-order valence-electron chi connectivity index (χ1n) is 6.48. The zero-order valence-corrected chi connectivity index (χ0v) is 10.7. The number of hydrogen-bond donors (Lipinski definition) is 1. The van der Waals surface area contributed by atoms with E-state index in [9.17, 15) is 18.0 Å². The number of nitrogens with zero attached hydrogens (tertiary/aromatic N) is 1. The van der Waals surface area contributed by atoms with E-state index in [1.807, 2.05) is 0 Å². The van der Waals surface area contributed by atoms with E-state index in [2.05, 4.69) is 0 Å². The van der Waals surface area contributed by atoms with E-state index in [4.69, 9.17) is 5.11 Å². The van der Waals surface area contributed by atoms with Crippen molar-refractivity contribution in [1.82, 2.24) is 4.90 Å². The number of hydrogen-bond acceptors (Lipinski definition) is 1. The van der Waals surface area contributed by atoms with Crippen molar-refractivity contribution in [2.75, 3.05) is 13.1 Å². The first-order chi connectivity index (χ1) is 9.33. The molecule has 1 N–H and O–H groups in total.